The van der Waals surface area contributed by atoms with E-state index in [1.165, 1.54) is 12.1 Å². The average Bonchev–Trinajstić information content (AvgIpc) is 2.76. The summed E-state index contributed by atoms with van der Waals surface area (Å²) in [4.78, 5) is 14.8. The molecule has 0 radical (unpaired) electrons. The molecule has 0 unspecified atom stereocenters. The highest BCUT2D eigenvalue weighted by Gasteiger charge is 2.28. The molecule has 1 aliphatic heterocycles. The van der Waals surface area contributed by atoms with Gasteiger partial charge in [0.1, 0.15) is 17.7 Å². The van der Waals surface area contributed by atoms with Crippen LogP contribution in [0.5, 0.6) is 5.75 Å². The van der Waals surface area contributed by atoms with Crippen LogP contribution in [0.15, 0.2) is 48.5 Å². The van der Waals surface area contributed by atoms with Crippen LogP contribution < -0.4 is 10.1 Å². The summed E-state index contributed by atoms with van der Waals surface area (Å²) >= 11 is 0. The van der Waals surface area contributed by atoms with Gasteiger partial charge in [-0.05, 0) is 54.3 Å². The summed E-state index contributed by atoms with van der Waals surface area (Å²) in [6, 6.07) is 13.9. The van der Waals surface area contributed by atoms with E-state index in [9.17, 15) is 13.6 Å². The Morgan fingerprint density at radius 1 is 1.10 bits per heavy atom. The van der Waals surface area contributed by atoms with E-state index < -0.39 is 6.17 Å². The Balaban J connectivity index is 1.70. The van der Waals surface area contributed by atoms with Crippen molar-refractivity contribution in [3.05, 3.63) is 65.5 Å². The Labute approximate surface area is 183 Å². The summed E-state index contributed by atoms with van der Waals surface area (Å²) in [5, 5.41) is 3.03. The first-order valence-corrected chi connectivity index (χ1v) is 11.0. The number of piperidine rings is 1. The number of amides is 1. The Morgan fingerprint density at radius 3 is 2.29 bits per heavy atom. The van der Waals surface area contributed by atoms with Gasteiger partial charge in [-0.25, -0.2) is 8.78 Å². The summed E-state index contributed by atoms with van der Waals surface area (Å²) < 4.78 is 33.3. The summed E-state index contributed by atoms with van der Waals surface area (Å²) in [7, 11) is 0. The molecule has 0 saturated carbocycles. The maximum absolute atomic E-state index is 14.3. The van der Waals surface area contributed by atoms with Gasteiger partial charge in [-0.2, -0.15) is 0 Å². The van der Waals surface area contributed by atoms with Gasteiger partial charge in [0.2, 0.25) is 5.91 Å². The molecule has 2 aromatic carbocycles. The van der Waals surface area contributed by atoms with Crippen molar-refractivity contribution in [1.29, 1.82) is 0 Å². The van der Waals surface area contributed by atoms with Crippen LogP contribution in [0.2, 0.25) is 0 Å². The number of benzene rings is 2. The number of nitrogens with zero attached hydrogens (tertiary/aromatic N) is 1. The molecule has 31 heavy (non-hydrogen) atoms. The number of rotatable bonds is 9. The zero-order chi connectivity index (χ0) is 22.2. The molecular formula is C25H32F2N2O2. The Kier molecular flexibility index (Phi) is 8.41. The Bertz CT molecular complexity index is 824. The molecule has 1 fully saturated rings. The van der Waals surface area contributed by atoms with Crippen LogP contribution in [-0.2, 0) is 17.9 Å². The molecule has 168 valence electrons. The first-order chi connectivity index (χ1) is 14.9. The van der Waals surface area contributed by atoms with Crippen molar-refractivity contribution in [2.45, 2.75) is 46.0 Å². The van der Waals surface area contributed by atoms with E-state index in [1.54, 1.807) is 17.0 Å². The van der Waals surface area contributed by atoms with Crippen molar-refractivity contribution < 1.29 is 18.3 Å². The lowest BCUT2D eigenvalue weighted by molar-refractivity contribution is -0.134. The number of nitrogens with one attached hydrogen (secondary N) is 1. The molecule has 2 atom stereocenters. The van der Waals surface area contributed by atoms with E-state index in [2.05, 4.69) is 19.2 Å². The molecular weight excluding hydrogens is 398 g/mol. The molecule has 1 N–H and O–H groups in total. The third kappa shape index (κ3) is 7.31. The lowest BCUT2D eigenvalue weighted by Crippen LogP contribution is -2.41. The van der Waals surface area contributed by atoms with Gasteiger partial charge >= 0.3 is 0 Å². The fraction of sp³-hybridized carbons (Fsp3) is 0.480. The van der Waals surface area contributed by atoms with Crippen LogP contribution in [0.3, 0.4) is 0 Å². The Morgan fingerprint density at radius 2 is 1.71 bits per heavy atom. The average molecular weight is 431 g/mol. The van der Waals surface area contributed by atoms with Crippen LogP contribution >= 0.6 is 0 Å². The zero-order valence-electron chi connectivity index (χ0n) is 18.3. The summed E-state index contributed by atoms with van der Waals surface area (Å²) in [5.74, 6) is 0.575. The second kappa shape index (κ2) is 11.2. The first kappa shape index (κ1) is 23.2. The fourth-order valence-electron chi connectivity index (χ4n) is 3.68. The molecule has 1 heterocycles. The third-order valence-electron chi connectivity index (χ3n) is 5.50. The lowest BCUT2D eigenvalue weighted by Gasteiger charge is -2.29. The number of halogens is 2. The molecule has 2 aromatic rings. The molecule has 0 aromatic heterocycles. The van der Waals surface area contributed by atoms with Crippen molar-refractivity contribution in [3.8, 4) is 5.75 Å². The van der Waals surface area contributed by atoms with Crippen LogP contribution in [0, 0.1) is 17.7 Å². The van der Waals surface area contributed by atoms with E-state index >= 15 is 0 Å². The molecule has 4 nitrogen and oxygen atoms in total. The van der Waals surface area contributed by atoms with E-state index in [0.717, 1.165) is 23.4 Å². The second-order valence-corrected chi connectivity index (χ2v) is 8.70. The van der Waals surface area contributed by atoms with Crippen molar-refractivity contribution >= 4 is 5.91 Å². The van der Waals surface area contributed by atoms with Gasteiger partial charge in [0, 0.05) is 32.0 Å². The van der Waals surface area contributed by atoms with Crippen molar-refractivity contribution in [2.24, 2.45) is 11.8 Å². The van der Waals surface area contributed by atoms with E-state index in [4.69, 9.17) is 4.74 Å². The predicted octanol–water partition coefficient (Wildman–Crippen LogP) is 4.73. The Hall–Kier alpha value is -2.47. The number of ether oxygens (including phenoxy) is 1. The summed E-state index contributed by atoms with van der Waals surface area (Å²) in [5.41, 5.74) is 1.81. The predicted molar refractivity (Wildman–Crippen MR) is 118 cm³/mol. The van der Waals surface area contributed by atoms with Gasteiger partial charge in [-0.3, -0.25) is 4.79 Å². The van der Waals surface area contributed by atoms with Crippen molar-refractivity contribution in [3.63, 3.8) is 0 Å². The largest absolute Gasteiger partial charge is 0.493 e. The van der Waals surface area contributed by atoms with Gasteiger partial charge < -0.3 is 15.0 Å². The number of hydrogen-bond acceptors (Lipinski definition) is 3. The van der Waals surface area contributed by atoms with E-state index in [0.29, 0.717) is 38.6 Å². The topological polar surface area (TPSA) is 41.6 Å². The summed E-state index contributed by atoms with van der Waals surface area (Å²) in [6.45, 7) is 6.63. The first-order valence-electron chi connectivity index (χ1n) is 11.0. The smallest absolute Gasteiger partial charge is 0.223 e. The monoisotopic (exact) mass is 430 g/mol. The summed E-state index contributed by atoms with van der Waals surface area (Å²) in [6.07, 6.45) is -0.179. The minimum atomic E-state index is -1.01. The lowest BCUT2D eigenvalue weighted by atomic mass is 9.92. The van der Waals surface area contributed by atoms with Crippen molar-refractivity contribution in [2.75, 3.05) is 19.7 Å². The maximum atomic E-state index is 14.3. The molecule has 0 bridgehead atoms. The highest BCUT2D eigenvalue weighted by atomic mass is 19.1. The zero-order valence-corrected chi connectivity index (χ0v) is 18.3. The quantitative estimate of drug-likeness (QED) is 0.626. The van der Waals surface area contributed by atoms with Crippen LogP contribution in [-0.4, -0.2) is 36.7 Å². The molecule has 6 heteroatoms. The standard InChI is InChI=1S/C25H32F2N2O2/c1-18(2)17-31-23-9-5-20(6-10-23)16-29(15-19-3-7-22(26)8-4-19)25(30)13-21-11-12-28-14-24(21)27/h3-10,18,21,24,28H,11-17H2,1-2H3/t21-,24-/m1/s1. The number of carbonyl (C=O) groups excluding carboxylic acids is 1. The van der Waals surface area contributed by atoms with Crippen LogP contribution in [0.1, 0.15) is 37.8 Å². The van der Waals surface area contributed by atoms with Crippen molar-refractivity contribution in [1.82, 2.24) is 10.2 Å². The molecule has 1 saturated heterocycles. The second-order valence-electron chi connectivity index (χ2n) is 8.70. The van der Waals surface area contributed by atoms with Crippen LogP contribution in [0.4, 0.5) is 8.78 Å². The van der Waals surface area contributed by atoms with Gasteiger partial charge in [0.05, 0.1) is 6.61 Å². The highest BCUT2D eigenvalue weighted by Crippen LogP contribution is 2.23. The van der Waals surface area contributed by atoms with Gasteiger partial charge in [0.25, 0.3) is 0 Å². The minimum absolute atomic E-state index is 0.0843. The fourth-order valence-corrected chi connectivity index (χ4v) is 3.68. The number of alkyl halides is 1. The minimum Gasteiger partial charge on any atom is -0.493 e. The van der Waals surface area contributed by atoms with Gasteiger partial charge in [-0.15, -0.1) is 0 Å². The van der Waals surface area contributed by atoms with Gasteiger partial charge in [-0.1, -0.05) is 38.1 Å². The highest BCUT2D eigenvalue weighted by molar-refractivity contribution is 5.76. The third-order valence-corrected chi connectivity index (χ3v) is 5.50. The normalized spacial score (nSPS) is 18.7. The van der Waals surface area contributed by atoms with Crippen LogP contribution in [0.25, 0.3) is 0 Å². The molecule has 1 amide bonds. The van der Waals surface area contributed by atoms with E-state index in [-0.39, 0.29) is 24.1 Å². The molecule has 3 rings (SSSR count). The molecule has 1 aliphatic rings. The number of hydrogen-bond donors (Lipinski definition) is 1. The molecule has 0 spiro atoms. The maximum Gasteiger partial charge on any atom is 0.223 e. The van der Waals surface area contributed by atoms with Gasteiger partial charge in [0.15, 0.2) is 0 Å². The van der Waals surface area contributed by atoms with E-state index in [1.807, 2.05) is 24.3 Å². The molecule has 0 aliphatic carbocycles. The SMILES string of the molecule is CC(C)COc1ccc(CN(Cc2ccc(F)cc2)C(=O)C[C@H]2CCNC[C@H]2F)cc1. The number of carbonyl (C=O) groups is 1.